The SMILES string of the molecule is Cc1ccc(NC(=O)C[C@@H]2SC(=NC(C)(C)C)NC2=O)cc1. The number of amides is 2. The molecule has 118 valence electrons. The maximum Gasteiger partial charge on any atom is 0.240 e. The van der Waals surface area contributed by atoms with Crippen molar-refractivity contribution in [3.05, 3.63) is 29.8 Å². The van der Waals surface area contributed by atoms with Gasteiger partial charge in [0.05, 0.1) is 5.54 Å². The number of hydrogen-bond donors (Lipinski definition) is 2. The Balaban J connectivity index is 1.93. The van der Waals surface area contributed by atoms with E-state index in [9.17, 15) is 9.59 Å². The van der Waals surface area contributed by atoms with Gasteiger partial charge in [-0.25, -0.2) is 0 Å². The van der Waals surface area contributed by atoms with E-state index in [1.165, 1.54) is 11.8 Å². The number of thioether (sulfide) groups is 1. The number of benzene rings is 1. The fraction of sp³-hybridized carbons (Fsp3) is 0.438. The minimum Gasteiger partial charge on any atom is -0.326 e. The third kappa shape index (κ3) is 4.87. The smallest absolute Gasteiger partial charge is 0.240 e. The number of nitrogens with zero attached hydrogens (tertiary/aromatic N) is 1. The third-order valence-electron chi connectivity index (χ3n) is 2.92. The first-order chi connectivity index (χ1) is 10.2. The van der Waals surface area contributed by atoms with Crippen molar-refractivity contribution in [1.82, 2.24) is 5.32 Å². The van der Waals surface area contributed by atoms with Crippen LogP contribution in [0.25, 0.3) is 0 Å². The van der Waals surface area contributed by atoms with Crippen molar-refractivity contribution in [3.8, 4) is 0 Å². The molecule has 2 N–H and O–H groups in total. The zero-order valence-corrected chi connectivity index (χ0v) is 14.1. The molecule has 5 nitrogen and oxygen atoms in total. The molecule has 1 aromatic rings. The van der Waals surface area contributed by atoms with Gasteiger partial charge in [-0.05, 0) is 39.8 Å². The van der Waals surface area contributed by atoms with Gasteiger partial charge in [-0.1, -0.05) is 29.5 Å². The molecule has 1 aliphatic rings. The fourth-order valence-corrected chi connectivity index (χ4v) is 3.07. The van der Waals surface area contributed by atoms with Gasteiger partial charge in [0.25, 0.3) is 0 Å². The molecule has 0 bridgehead atoms. The molecule has 0 aromatic heterocycles. The van der Waals surface area contributed by atoms with Crippen LogP contribution in [0, 0.1) is 6.92 Å². The molecule has 6 heteroatoms. The number of anilines is 1. The number of carbonyl (C=O) groups excluding carboxylic acids is 2. The van der Waals surface area contributed by atoms with Crippen LogP contribution in [0.4, 0.5) is 5.69 Å². The van der Waals surface area contributed by atoms with Gasteiger partial charge >= 0.3 is 0 Å². The Morgan fingerprint density at radius 2 is 1.95 bits per heavy atom. The summed E-state index contributed by atoms with van der Waals surface area (Å²) < 4.78 is 0. The molecule has 22 heavy (non-hydrogen) atoms. The number of carbonyl (C=O) groups is 2. The molecule has 0 aliphatic carbocycles. The van der Waals surface area contributed by atoms with Crippen LogP contribution >= 0.6 is 11.8 Å². The monoisotopic (exact) mass is 319 g/mol. The summed E-state index contributed by atoms with van der Waals surface area (Å²) in [6, 6.07) is 7.56. The largest absolute Gasteiger partial charge is 0.326 e. The first kappa shape index (κ1) is 16.5. The van der Waals surface area contributed by atoms with Gasteiger partial charge in [-0.15, -0.1) is 0 Å². The molecule has 0 radical (unpaired) electrons. The van der Waals surface area contributed by atoms with Crippen molar-refractivity contribution in [2.45, 2.75) is 44.9 Å². The van der Waals surface area contributed by atoms with Crippen molar-refractivity contribution in [1.29, 1.82) is 0 Å². The molecule has 1 fully saturated rings. The summed E-state index contributed by atoms with van der Waals surface area (Å²) in [4.78, 5) is 28.4. The lowest BCUT2D eigenvalue weighted by atomic mass is 10.1. The zero-order valence-electron chi connectivity index (χ0n) is 13.3. The molecular weight excluding hydrogens is 298 g/mol. The number of hydrogen-bond acceptors (Lipinski definition) is 4. The molecule has 1 aliphatic heterocycles. The normalized spacial score (nSPS) is 20.1. The van der Waals surface area contributed by atoms with Gasteiger partial charge < -0.3 is 10.6 Å². The summed E-state index contributed by atoms with van der Waals surface area (Å²) in [5.74, 6) is -0.333. The van der Waals surface area contributed by atoms with Gasteiger partial charge in [0.1, 0.15) is 5.25 Å². The highest BCUT2D eigenvalue weighted by Gasteiger charge is 2.32. The Kier molecular flexibility index (Phi) is 4.90. The van der Waals surface area contributed by atoms with Crippen molar-refractivity contribution in [3.63, 3.8) is 0 Å². The van der Waals surface area contributed by atoms with Crippen LogP contribution in [-0.2, 0) is 9.59 Å². The number of amidine groups is 1. The number of rotatable bonds is 3. The second-order valence-corrected chi connectivity index (χ2v) is 7.49. The first-order valence-electron chi connectivity index (χ1n) is 7.17. The molecule has 2 amide bonds. The average molecular weight is 319 g/mol. The highest BCUT2D eigenvalue weighted by Crippen LogP contribution is 2.25. The molecule has 0 saturated carbocycles. The van der Waals surface area contributed by atoms with Gasteiger partial charge in [0.2, 0.25) is 11.8 Å². The molecule has 1 atom stereocenters. The third-order valence-corrected chi connectivity index (χ3v) is 4.00. The summed E-state index contributed by atoms with van der Waals surface area (Å²) >= 11 is 1.32. The van der Waals surface area contributed by atoms with Crippen molar-refractivity contribution < 1.29 is 9.59 Å². The summed E-state index contributed by atoms with van der Waals surface area (Å²) in [5, 5.41) is 5.70. The summed E-state index contributed by atoms with van der Waals surface area (Å²) in [7, 11) is 0. The van der Waals surface area contributed by atoms with E-state index in [0.29, 0.717) is 5.17 Å². The highest BCUT2D eigenvalue weighted by molar-refractivity contribution is 8.15. The highest BCUT2D eigenvalue weighted by atomic mass is 32.2. The van der Waals surface area contributed by atoms with E-state index in [4.69, 9.17) is 0 Å². The van der Waals surface area contributed by atoms with Crippen LogP contribution in [0.15, 0.2) is 29.3 Å². The van der Waals surface area contributed by atoms with Crippen molar-refractivity contribution in [2.75, 3.05) is 5.32 Å². The van der Waals surface area contributed by atoms with Crippen LogP contribution in [0.5, 0.6) is 0 Å². The Labute approximate surface area is 135 Å². The van der Waals surface area contributed by atoms with E-state index in [0.717, 1.165) is 11.3 Å². The second-order valence-electron chi connectivity index (χ2n) is 6.30. The lowest BCUT2D eigenvalue weighted by Gasteiger charge is -2.12. The zero-order chi connectivity index (χ0) is 16.3. The Morgan fingerprint density at radius 1 is 1.32 bits per heavy atom. The predicted octanol–water partition coefficient (Wildman–Crippen LogP) is 2.71. The standard InChI is InChI=1S/C16H21N3O2S/c1-10-5-7-11(8-6-10)17-13(20)9-12-14(21)18-15(22-12)19-16(2,3)4/h5-8,12H,9H2,1-4H3,(H,17,20)(H,18,19,21)/t12-/m0/s1. The van der Waals surface area contributed by atoms with Crippen LogP contribution < -0.4 is 10.6 Å². The van der Waals surface area contributed by atoms with Crippen LogP contribution in [0.2, 0.25) is 0 Å². The lowest BCUT2D eigenvalue weighted by molar-refractivity contribution is -0.122. The van der Waals surface area contributed by atoms with E-state index in [1.54, 1.807) is 0 Å². The van der Waals surface area contributed by atoms with E-state index in [2.05, 4.69) is 15.6 Å². The number of nitrogens with one attached hydrogen (secondary N) is 2. The predicted molar refractivity (Wildman–Crippen MR) is 91.1 cm³/mol. The maximum absolute atomic E-state index is 12.0. The first-order valence-corrected chi connectivity index (χ1v) is 8.05. The second kappa shape index (κ2) is 6.52. The molecular formula is C16H21N3O2S. The van der Waals surface area contributed by atoms with Crippen LogP contribution in [-0.4, -0.2) is 27.8 Å². The van der Waals surface area contributed by atoms with Gasteiger partial charge in [0, 0.05) is 12.1 Å². The average Bonchev–Trinajstić information content (AvgIpc) is 2.70. The molecule has 1 aromatic carbocycles. The molecule has 1 saturated heterocycles. The van der Waals surface area contributed by atoms with Crippen LogP contribution in [0.3, 0.4) is 0 Å². The van der Waals surface area contributed by atoms with Crippen molar-refractivity contribution in [2.24, 2.45) is 4.99 Å². The number of aryl methyl sites for hydroxylation is 1. The lowest BCUT2D eigenvalue weighted by Crippen LogP contribution is -2.28. The van der Waals surface area contributed by atoms with E-state index < -0.39 is 5.25 Å². The number of aliphatic imine (C=N–C) groups is 1. The minimum absolute atomic E-state index is 0.132. The van der Waals surface area contributed by atoms with E-state index in [1.807, 2.05) is 52.0 Å². The van der Waals surface area contributed by atoms with Gasteiger partial charge in [0.15, 0.2) is 5.17 Å². The molecule has 1 heterocycles. The summed E-state index contributed by atoms with van der Waals surface area (Å²) in [5.41, 5.74) is 1.61. The Hall–Kier alpha value is -1.82. The van der Waals surface area contributed by atoms with Gasteiger partial charge in [-0.2, -0.15) is 0 Å². The van der Waals surface area contributed by atoms with Crippen LogP contribution in [0.1, 0.15) is 32.8 Å². The molecule has 0 unspecified atom stereocenters. The fourth-order valence-electron chi connectivity index (χ4n) is 1.91. The summed E-state index contributed by atoms with van der Waals surface area (Å²) in [6.07, 6.45) is 0.132. The quantitative estimate of drug-likeness (QED) is 0.900. The van der Waals surface area contributed by atoms with E-state index in [-0.39, 0.29) is 23.8 Å². The topological polar surface area (TPSA) is 70.6 Å². The summed E-state index contributed by atoms with van der Waals surface area (Å²) in [6.45, 7) is 7.87. The van der Waals surface area contributed by atoms with E-state index >= 15 is 0 Å². The Bertz CT molecular complexity index is 603. The minimum atomic E-state index is -0.424. The maximum atomic E-state index is 12.0. The molecule has 2 rings (SSSR count). The Morgan fingerprint density at radius 3 is 2.55 bits per heavy atom. The van der Waals surface area contributed by atoms with Crippen molar-refractivity contribution >= 4 is 34.4 Å². The van der Waals surface area contributed by atoms with Gasteiger partial charge in [-0.3, -0.25) is 14.6 Å². The molecule has 0 spiro atoms.